The van der Waals surface area contributed by atoms with E-state index in [9.17, 15) is 0 Å². The Hall–Kier alpha value is -1.35. The van der Waals surface area contributed by atoms with E-state index in [2.05, 4.69) is 41.8 Å². The molecule has 1 fully saturated rings. The van der Waals surface area contributed by atoms with Gasteiger partial charge in [0.15, 0.2) is 6.23 Å². The summed E-state index contributed by atoms with van der Waals surface area (Å²) in [5.41, 5.74) is 2.56. The van der Waals surface area contributed by atoms with Gasteiger partial charge in [-0.05, 0) is 36.8 Å². The van der Waals surface area contributed by atoms with Crippen LogP contribution in [0.2, 0.25) is 0 Å². The lowest BCUT2D eigenvalue weighted by Crippen LogP contribution is -2.19. The van der Waals surface area contributed by atoms with E-state index in [1.807, 2.05) is 6.20 Å². The van der Waals surface area contributed by atoms with Crippen molar-refractivity contribution in [3.8, 4) is 0 Å². The smallest absolute Gasteiger partial charge is 0.150 e. The molecule has 1 saturated heterocycles. The molecule has 0 aliphatic carbocycles. The Bertz CT molecular complexity index is 538. The van der Waals surface area contributed by atoms with Crippen molar-refractivity contribution in [2.45, 2.75) is 45.3 Å². The molecule has 3 heteroatoms. The van der Waals surface area contributed by atoms with Crippen molar-refractivity contribution in [1.82, 2.24) is 9.78 Å². The van der Waals surface area contributed by atoms with E-state index in [1.54, 1.807) is 0 Å². The second-order valence-corrected chi connectivity index (χ2v) is 5.38. The zero-order chi connectivity index (χ0) is 12.5. The molecule has 0 amide bonds. The van der Waals surface area contributed by atoms with E-state index in [0.29, 0.717) is 5.92 Å². The molecule has 3 rings (SSSR count). The molecule has 1 aliphatic rings. The molecule has 96 valence electrons. The van der Waals surface area contributed by atoms with Crippen LogP contribution in [0.15, 0.2) is 24.4 Å². The van der Waals surface area contributed by atoms with Gasteiger partial charge < -0.3 is 4.74 Å². The number of hydrogen-bond acceptors (Lipinski definition) is 2. The van der Waals surface area contributed by atoms with Crippen LogP contribution < -0.4 is 0 Å². The van der Waals surface area contributed by atoms with Gasteiger partial charge in [-0.1, -0.05) is 26.0 Å². The molecule has 18 heavy (non-hydrogen) atoms. The number of nitrogens with zero attached hydrogens (tertiary/aromatic N) is 2. The van der Waals surface area contributed by atoms with Crippen LogP contribution in [0.3, 0.4) is 0 Å². The molecule has 1 atom stereocenters. The molecular weight excluding hydrogens is 224 g/mol. The maximum Gasteiger partial charge on any atom is 0.150 e. The minimum atomic E-state index is 0.124. The normalized spacial score (nSPS) is 20.7. The summed E-state index contributed by atoms with van der Waals surface area (Å²) in [6.07, 6.45) is 5.54. The van der Waals surface area contributed by atoms with Gasteiger partial charge in [0.05, 0.1) is 11.7 Å². The molecule has 0 saturated carbocycles. The topological polar surface area (TPSA) is 27.1 Å². The first-order valence-electron chi connectivity index (χ1n) is 6.84. The summed E-state index contributed by atoms with van der Waals surface area (Å²) in [6, 6.07) is 6.61. The number of aromatic nitrogens is 2. The van der Waals surface area contributed by atoms with Crippen LogP contribution in [0, 0.1) is 0 Å². The quantitative estimate of drug-likeness (QED) is 0.802. The Morgan fingerprint density at radius 3 is 2.94 bits per heavy atom. The second-order valence-electron chi connectivity index (χ2n) is 5.38. The van der Waals surface area contributed by atoms with Crippen LogP contribution in [-0.4, -0.2) is 16.4 Å². The molecule has 2 heterocycles. The first-order valence-corrected chi connectivity index (χ1v) is 6.84. The SMILES string of the molecule is CC(C)c1ccc2cnn(C3CCCCO3)c2c1. The lowest BCUT2D eigenvalue weighted by Gasteiger charge is -2.23. The average molecular weight is 244 g/mol. The van der Waals surface area contributed by atoms with Gasteiger partial charge >= 0.3 is 0 Å². The van der Waals surface area contributed by atoms with E-state index in [1.165, 1.54) is 29.3 Å². The standard InChI is InChI=1S/C15H20N2O/c1-11(2)12-6-7-13-10-16-17(14(13)9-12)15-5-3-4-8-18-15/h6-7,9-11,15H,3-5,8H2,1-2H3. The van der Waals surface area contributed by atoms with Gasteiger partial charge in [0.1, 0.15) is 0 Å². The maximum atomic E-state index is 5.83. The Morgan fingerprint density at radius 2 is 2.22 bits per heavy atom. The summed E-state index contributed by atoms with van der Waals surface area (Å²) < 4.78 is 7.89. The van der Waals surface area contributed by atoms with E-state index < -0.39 is 0 Å². The van der Waals surface area contributed by atoms with Gasteiger partial charge in [0.2, 0.25) is 0 Å². The van der Waals surface area contributed by atoms with Crippen molar-refractivity contribution >= 4 is 10.9 Å². The van der Waals surface area contributed by atoms with Gasteiger partial charge in [0.25, 0.3) is 0 Å². The maximum absolute atomic E-state index is 5.83. The Kier molecular flexibility index (Phi) is 3.08. The first kappa shape index (κ1) is 11.7. The highest BCUT2D eigenvalue weighted by molar-refractivity contribution is 5.79. The average Bonchev–Trinajstić information content (AvgIpc) is 2.82. The van der Waals surface area contributed by atoms with Crippen LogP contribution in [-0.2, 0) is 4.74 Å². The van der Waals surface area contributed by atoms with Gasteiger partial charge in [0, 0.05) is 12.0 Å². The fraction of sp³-hybridized carbons (Fsp3) is 0.533. The molecule has 0 N–H and O–H groups in total. The molecular formula is C15H20N2O. The van der Waals surface area contributed by atoms with Crippen LogP contribution in [0.4, 0.5) is 0 Å². The lowest BCUT2D eigenvalue weighted by atomic mass is 10.0. The third kappa shape index (κ3) is 2.03. The second kappa shape index (κ2) is 4.73. The highest BCUT2D eigenvalue weighted by Crippen LogP contribution is 2.28. The predicted molar refractivity (Wildman–Crippen MR) is 72.7 cm³/mol. The molecule has 0 radical (unpaired) electrons. The van der Waals surface area contributed by atoms with Crippen molar-refractivity contribution in [2.24, 2.45) is 0 Å². The fourth-order valence-electron chi connectivity index (χ4n) is 2.56. The number of fused-ring (bicyclic) bond motifs is 1. The van der Waals surface area contributed by atoms with Crippen LogP contribution in [0.25, 0.3) is 10.9 Å². The molecule has 1 aliphatic heterocycles. The summed E-state index contributed by atoms with van der Waals surface area (Å²) in [7, 11) is 0. The van der Waals surface area contributed by atoms with Crippen LogP contribution >= 0.6 is 0 Å². The van der Waals surface area contributed by atoms with Gasteiger partial charge in [-0.3, -0.25) is 0 Å². The Labute approximate surface area is 108 Å². The lowest BCUT2D eigenvalue weighted by molar-refractivity contribution is -0.0366. The highest BCUT2D eigenvalue weighted by atomic mass is 16.5. The summed E-state index contributed by atoms with van der Waals surface area (Å²) >= 11 is 0. The summed E-state index contributed by atoms with van der Waals surface area (Å²) in [4.78, 5) is 0. The number of hydrogen-bond donors (Lipinski definition) is 0. The monoisotopic (exact) mass is 244 g/mol. The summed E-state index contributed by atoms with van der Waals surface area (Å²) in [5.74, 6) is 0.546. The minimum Gasteiger partial charge on any atom is -0.356 e. The first-order chi connectivity index (χ1) is 8.75. The Balaban J connectivity index is 2.03. The number of benzene rings is 1. The van der Waals surface area contributed by atoms with Crippen molar-refractivity contribution in [3.05, 3.63) is 30.0 Å². The van der Waals surface area contributed by atoms with E-state index in [-0.39, 0.29) is 6.23 Å². The number of ether oxygens (including phenoxy) is 1. The molecule has 3 nitrogen and oxygen atoms in total. The minimum absolute atomic E-state index is 0.124. The zero-order valence-electron chi connectivity index (χ0n) is 11.1. The van der Waals surface area contributed by atoms with Crippen LogP contribution in [0.1, 0.15) is 50.8 Å². The molecule has 1 unspecified atom stereocenters. The van der Waals surface area contributed by atoms with Gasteiger partial charge in [-0.25, -0.2) is 4.68 Å². The predicted octanol–water partition coefficient (Wildman–Crippen LogP) is 3.86. The largest absolute Gasteiger partial charge is 0.356 e. The third-order valence-electron chi connectivity index (χ3n) is 3.72. The molecule has 0 spiro atoms. The van der Waals surface area contributed by atoms with Gasteiger partial charge in [-0.15, -0.1) is 0 Å². The number of rotatable bonds is 2. The van der Waals surface area contributed by atoms with E-state index >= 15 is 0 Å². The zero-order valence-corrected chi connectivity index (χ0v) is 11.1. The van der Waals surface area contributed by atoms with Gasteiger partial charge in [-0.2, -0.15) is 5.10 Å². The molecule has 0 bridgehead atoms. The molecule has 1 aromatic heterocycles. The van der Waals surface area contributed by atoms with Crippen molar-refractivity contribution in [2.75, 3.05) is 6.61 Å². The van der Waals surface area contributed by atoms with E-state index in [4.69, 9.17) is 4.74 Å². The highest BCUT2D eigenvalue weighted by Gasteiger charge is 2.18. The van der Waals surface area contributed by atoms with E-state index in [0.717, 1.165) is 13.0 Å². The van der Waals surface area contributed by atoms with Crippen molar-refractivity contribution < 1.29 is 4.74 Å². The Morgan fingerprint density at radius 1 is 1.33 bits per heavy atom. The summed E-state index contributed by atoms with van der Waals surface area (Å²) in [5, 5.41) is 5.71. The summed E-state index contributed by atoms with van der Waals surface area (Å²) in [6.45, 7) is 5.30. The third-order valence-corrected chi connectivity index (χ3v) is 3.72. The molecule has 2 aromatic rings. The fourth-order valence-corrected chi connectivity index (χ4v) is 2.56. The molecule has 1 aromatic carbocycles. The van der Waals surface area contributed by atoms with Crippen molar-refractivity contribution in [3.63, 3.8) is 0 Å². The van der Waals surface area contributed by atoms with Crippen LogP contribution in [0.5, 0.6) is 0 Å². The van der Waals surface area contributed by atoms with Crippen molar-refractivity contribution in [1.29, 1.82) is 0 Å².